The van der Waals surface area contributed by atoms with Gasteiger partial charge in [-0.3, -0.25) is 14.9 Å². The summed E-state index contributed by atoms with van der Waals surface area (Å²) in [4.78, 5) is 20.6. The Morgan fingerprint density at radius 2 is 2.25 bits per heavy atom. The first-order chi connectivity index (χ1) is 7.47. The van der Waals surface area contributed by atoms with Gasteiger partial charge in [0.2, 0.25) is 0 Å². The van der Waals surface area contributed by atoms with Gasteiger partial charge in [0.05, 0.1) is 12.0 Å². The van der Waals surface area contributed by atoms with Gasteiger partial charge in [-0.25, -0.2) is 0 Å². The van der Waals surface area contributed by atoms with E-state index in [4.69, 9.17) is 15.6 Å². The van der Waals surface area contributed by atoms with Gasteiger partial charge in [-0.1, -0.05) is 0 Å². The lowest BCUT2D eigenvalue weighted by molar-refractivity contribution is -0.384. The van der Waals surface area contributed by atoms with Crippen molar-refractivity contribution in [2.75, 3.05) is 7.11 Å². The number of aliphatic carboxylic acids is 1. The van der Waals surface area contributed by atoms with Crippen LogP contribution in [0.5, 0.6) is 5.75 Å². The highest BCUT2D eigenvalue weighted by atomic mass is 16.6. The standard InChI is InChI=1S/C9H10N2O5/c1-16-7-3-2-5(11(14)15)4-6(7)8(10)9(12)13/h2-4,8H,10H2,1H3,(H,12,13)/t8-/m0/s1. The third-order valence-corrected chi connectivity index (χ3v) is 2.03. The number of carboxylic acids is 1. The number of benzene rings is 1. The molecule has 7 heteroatoms. The van der Waals surface area contributed by atoms with E-state index in [-0.39, 0.29) is 17.0 Å². The number of carbonyl (C=O) groups is 1. The zero-order valence-electron chi connectivity index (χ0n) is 8.41. The molecular weight excluding hydrogens is 216 g/mol. The number of nitro benzene ring substituents is 1. The molecule has 0 saturated heterocycles. The summed E-state index contributed by atoms with van der Waals surface area (Å²) in [5, 5.41) is 19.3. The number of rotatable bonds is 4. The molecule has 0 aliphatic rings. The van der Waals surface area contributed by atoms with Gasteiger partial charge in [-0.15, -0.1) is 0 Å². The molecule has 0 bridgehead atoms. The first kappa shape index (κ1) is 11.9. The van der Waals surface area contributed by atoms with Crippen molar-refractivity contribution in [3.05, 3.63) is 33.9 Å². The summed E-state index contributed by atoms with van der Waals surface area (Å²) in [7, 11) is 1.33. The number of nitrogens with zero attached hydrogens (tertiary/aromatic N) is 1. The van der Waals surface area contributed by atoms with Crippen LogP contribution >= 0.6 is 0 Å². The van der Waals surface area contributed by atoms with Crippen molar-refractivity contribution in [2.45, 2.75) is 6.04 Å². The fourth-order valence-corrected chi connectivity index (χ4v) is 1.21. The summed E-state index contributed by atoms with van der Waals surface area (Å²) in [6.07, 6.45) is 0. The van der Waals surface area contributed by atoms with Crippen LogP contribution in [0.25, 0.3) is 0 Å². The van der Waals surface area contributed by atoms with Crippen LogP contribution in [0.3, 0.4) is 0 Å². The van der Waals surface area contributed by atoms with E-state index < -0.39 is 16.9 Å². The van der Waals surface area contributed by atoms with Crippen LogP contribution in [0.1, 0.15) is 11.6 Å². The van der Waals surface area contributed by atoms with Gasteiger partial charge >= 0.3 is 5.97 Å². The number of methoxy groups -OCH3 is 1. The third-order valence-electron chi connectivity index (χ3n) is 2.03. The Bertz CT molecular complexity index is 432. The minimum atomic E-state index is -1.35. The molecule has 1 atom stereocenters. The smallest absolute Gasteiger partial charge is 0.325 e. The van der Waals surface area contributed by atoms with Crippen molar-refractivity contribution < 1.29 is 19.6 Å². The van der Waals surface area contributed by atoms with Crippen molar-refractivity contribution in [1.82, 2.24) is 0 Å². The van der Waals surface area contributed by atoms with E-state index in [1.807, 2.05) is 0 Å². The topological polar surface area (TPSA) is 116 Å². The summed E-state index contributed by atoms with van der Waals surface area (Å²) in [5.74, 6) is -1.07. The zero-order chi connectivity index (χ0) is 12.3. The van der Waals surface area contributed by atoms with E-state index in [0.717, 1.165) is 6.07 Å². The number of hydrogen-bond acceptors (Lipinski definition) is 5. The molecule has 0 unspecified atom stereocenters. The predicted octanol–water partition coefficient (Wildman–Crippen LogP) is 0.688. The molecule has 3 N–H and O–H groups in total. The molecule has 1 aromatic rings. The summed E-state index contributed by atoms with van der Waals surface area (Å²) >= 11 is 0. The molecule has 1 aromatic carbocycles. The normalized spacial score (nSPS) is 11.9. The minimum Gasteiger partial charge on any atom is -0.496 e. The van der Waals surface area contributed by atoms with Gasteiger partial charge < -0.3 is 15.6 Å². The Hall–Kier alpha value is -2.15. The van der Waals surface area contributed by atoms with Gasteiger partial charge in [0.15, 0.2) is 0 Å². The van der Waals surface area contributed by atoms with Crippen LogP contribution in [0.4, 0.5) is 5.69 Å². The monoisotopic (exact) mass is 226 g/mol. The lowest BCUT2D eigenvalue weighted by atomic mass is 10.1. The predicted molar refractivity (Wildman–Crippen MR) is 54.2 cm³/mol. The molecule has 1 rings (SSSR count). The molecule has 0 aromatic heterocycles. The third kappa shape index (κ3) is 2.26. The van der Waals surface area contributed by atoms with Crippen LogP contribution in [-0.4, -0.2) is 23.1 Å². The molecule has 0 saturated carbocycles. The number of nitrogens with two attached hydrogens (primary N) is 1. The van der Waals surface area contributed by atoms with Crippen molar-refractivity contribution >= 4 is 11.7 Å². The van der Waals surface area contributed by atoms with E-state index in [9.17, 15) is 14.9 Å². The van der Waals surface area contributed by atoms with Crippen molar-refractivity contribution in [3.63, 3.8) is 0 Å². The number of non-ortho nitro benzene ring substituents is 1. The van der Waals surface area contributed by atoms with Crippen LogP contribution in [0.2, 0.25) is 0 Å². The Kier molecular flexibility index (Phi) is 3.41. The molecule has 0 radical (unpaired) electrons. The second-order valence-corrected chi connectivity index (χ2v) is 3.00. The summed E-state index contributed by atoms with van der Waals surface area (Å²) in [5.41, 5.74) is 5.23. The molecule has 0 heterocycles. The van der Waals surface area contributed by atoms with E-state index in [2.05, 4.69) is 0 Å². The Morgan fingerprint density at radius 3 is 2.69 bits per heavy atom. The molecule has 0 aliphatic carbocycles. The summed E-state index contributed by atoms with van der Waals surface area (Å²) in [6, 6.07) is 2.28. The van der Waals surface area contributed by atoms with Gasteiger partial charge in [0.25, 0.3) is 5.69 Å². The maximum Gasteiger partial charge on any atom is 0.325 e. The highest BCUT2D eigenvalue weighted by Crippen LogP contribution is 2.28. The summed E-state index contributed by atoms with van der Waals surface area (Å²) in [6.45, 7) is 0. The maximum absolute atomic E-state index is 10.7. The quantitative estimate of drug-likeness (QED) is 0.576. The van der Waals surface area contributed by atoms with E-state index in [0.29, 0.717) is 0 Å². The van der Waals surface area contributed by atoms with Crippen molar-refractivity contribution in [2.24, 2.45) is 5.73 Å². The molecular formula is C9H10N2O5. The average molecular weight is 226 g/mol. The molecule has 0 aliphatic heterocycles. The number of ether oxygens (including phenoxy) is 1. The molecule has 0 fully saturated rings. The molecule has 0 spiro atoms. The first-order valence-corrected chi connectivity index (χ1v) is 4.28. The Balaban J connectivity index is 3.27. The molecule has 7 nitrogen and oxygen atoms in total. The number of hydrogen-bond donors (Lipinski definition) is 2. The van der Waals surface area contributed by atoms with E-state index in [1.54, 1.807) is 0 Å². The van der Waals surface area contributed by atoms with Crippen molar-refractivity contribution in [1.29, 1.82) is 0 Å². The fraction of sp³-hybridized carbons (Fsp3) is 0.222. The Labute approximate surface area is 90.6 Å². The van der Waals surface area contributed by atoms with Crippen LogP contribution < -0.4 is 10.5 Å². The summed E-state index contributed by atoms with van der Waals surface area (Å²) < 4.78 is 4.89. The second-order valence-electron chi connectivity index (χ2n) is 3.00. The van der Waals surface area contributed by atoms with Crippen LogP contribution in [-0.2, 0) is 4.79 Å². The maximum atomic E-state index is 10.7. The molecule has 86 valence electrons. The van der Waals surface area contributed by atoms with Crippen LogP contribution in [0.15, 0.2) is 18.2 Å². The number of nitro groups is 1. The number of carboxylic acid groups (broad SMARTS) is 1. The zero-order valence-corrected chi connectivity index (χ0v) is 8.41. The van der Waals surface area contributed by atoms with Crippen LogP contribution in [0, 0.1) is 10.1 Å². The second kappa shape index (κ2) is 4.58. The van der Waals surface area contributed by atoms with E-state index in [1.165, 1.54) is 19.2 Å². The van der Waals surface area contributed by atoms with Gasteiger partial charge in [-0.2, -0.15) is 0 Å². The fourth-order valence-electron chi connectivity index (χ4n) is 1.21. The minimum absolute atomic E-state index is 0.0733. The highest BCUT2D eigenvalue weighted by Gasteiger charge is 2.21. The first-order valence-electron chi connectivity index (χ1n) is 4.28. The van der Waals surface area contributed by atoms with Gasteiger partial charge in [-0.05, 0) is 6.07 Å². The Morgan fingerprint density at radius 1 is 1.62 bits per heavy atom. The van der Waals surface area contributed by atoms with E-state index >= 15 is 0 Å². The largest absolute Gasteiger partial charge is 0.496 e. The lowest BCUT2D eigenvalue weighted by Gasteiger charge is -2.11. The molecule has 0 amide bonds. The van der Waals surface area contributed by atoms with Gasteiger partial charge in [0, 0.05) is 17.7 Å². The SMILES string of the molecule is COc1ccc([N+](=O)[O-])cc1[C@H](N)C(=O)O. The van der Waals surface area contributed by atoms with Crippen molar-refractivity contribution in [3.8, 4) is 5.75 Å². The molecule has 16 heavy (non-hydrogen) atoms. The lowest BCUT2D eigenvalue weighted by Crippen LogP contribution is -2.21. The highest BCUT2D eigenvalue weighted by molar-refractivity contribution is 5.76. The van der Waals surface area contributed by atoms with Gasteiger partial charge in [0.1, 0.15) is 11.8 Å². The average Bonchev–Trinajstić information content (AvgIpc) is 2.26.